The predicted molar refractivity (Wildman–Crippen MR) is 175 cm³/mol. The molecule has 0 fully saturated rings. The number of amides is 1. The van der Waals surface area contributed by atoms with Crippen molar-refractivity contribution in [3.8, 4) is 10.4 Å². The van der Waals surface area contributed by atoms with Gasteiger partial charge in [0.15, 0.2) is 11.6 Å². The van der Waals surface area contributed by atoms with E-state index in [0.29, 0.717) is 24.3 Å². The van der Waals surface area contributed by atoms with E-state index >= 15 is 0 Å². The summed E-state index contributed by atoms with van der Waals surface area (Å²) in [5.74, 6) is -2.15. The number of halogens is 2. The lowest BCUT2D eigenvalue weighted by molar-refractivity contribution is 0.0951. The number of nitrogens with two attached hydrogens (primary N) is 1. The topological polar surface area (TPSA) is 155 Å². The van der Waals surface area contributed by atoms with E-state index in [4.69, 9.17) is 5.73 Å². The van der Waals surface area contributed by atoms with E-state index in [0.717, 1.165) is 38.4 Å². The van der Waals surface area contributed by atoms with Crippen LogP contribution in [0.2, 0.25) is 0 Å². The smallest absolute Gasteiger partial charge is 0.255 e. The number of nitrogens with one attached hydrogen (secondary N) is 3. The normalized spacial score (nSPS) is 11.7. The average molecular weight is 667 g/mol. The number of rotatable bonds is 13. The van der Waals surface area contributed by atoms with Gasteiger partial charge < -0.3 is 21.3 Å². The Labute approximate surface area is 269 Å². The second-order valence-electron chi connectivity index (χ2n) is 10.7. The third-order valence-electron chi connectivity index (χ3n) is 6.97. The number of carbonyl (C=O) groups is 1. The largest absolute Gasteiger partial charge is 0.383 e. The second kappa shape index (κ2) is 14.2. The molecule has 0 spiro atoms. The van der Waals surface area contributed by atoms with Gasteiger partial charge in [0.25, 0.3) is 5.91 Å². The Balaban J connectivity index is 1.35. The number of carbonyl (C=O) groups excluding carboxylic acids is 1. The zero-order chi connectivity index (χ0) is 32.8. The van der Waals surface area contributed by atoms with Gasteiger partial charge in [-0.05, 0) is 80.7 Å². The van der Waals surface area contributed by atoms with Crippen LogP contribution in [0.4, 0.5) is 20.4 Å². The molecule has 0 saturated carbocycles. The Morgan fingerprint density at radius 1 is 0.978 bits per heavy atom. The number of anilines is 2. The van der Waals surface area contributed by atoms with Gasteiger partial charge in [0, 0.05) is 34.4 Å². The molecule has 0 saturated heterocycles. The monoisotopic (exact) mass is 666 g/mol. The van der Waals surface area contributed by atoms with Crippen LogP contribution in [0.5, 0.6) is 0 Å². The zero-order valence-electron chi connectivity index (χ0n) is 25.0. The van der Waals surface area contributed by atoms with Crippen LogP contribution in [0.25, 0.3) is 21.3 Å². The molecule has 0 aliphatic rings. The molecule has 3 heterocycles. The molecule has 0 unspecified atom stereocenters. The minimum absolute atomic E-state index is 0.0273. The lowest BCUT2D eigenvalue weighted by Gasteiger charge is -2.14. The van der Waals surface area contributed by atoms with Gasteiger partial charge in [0.2, 0.25) is 10.0 Å². The third kappa shape index (κ3) is 7.98. The van der Waals surface area contributed by atoms with Crippen LogP contribution in [0.3, 0.4) is 0 Å². The van der Waals surface area contributed by atoms with Gasteiger partial charge in [-0.3, -0.25) is 4.79 Å². The molecule has 3 aromatic heterocycles. The van der Waals surface area contributed by atoms with E-state index in [9.17, 15) is 22.0 Å². The van der Waals surface area contributed by atoms with Crippen molar-refractivity contribution in [2.45, 2.75) is 24.4 Å². The van der Waals surface area contributed by atoms with Crippen molar-refractivity contribution in [2.24, 2.45) is 0 Å². The van der Waals surface area contributed by atoms with Crippen molar-refractivity contribution in [3.05, 3.63) is 94.8 Å². The second-order valence-corrected chi connectivity index (χ2v) is 13.6. The van der Waals surface area contributed by atoms with Gasteiger partial charge >= 0.3 is 0 Å². The summed E-state index contributed by atoms with van der Waals surface area (Å²) in [6.07, 6.45) is 3.19. The first-order chi connectivity index (χ1) is 22.0. The molecule has 240 valence electrons. The highest BCUT2D eigenvalue weighted by Gasteiger charge is 2.21. The summed E-state index contributed by atoms with van der Waals surface area (Å²) >= 11 is 1.52. The van der Waals surface area contributed by atoms with Crippen LogP contribution in [0, 0.1) is 11.6 Å². The quantitative estimate of drug-likeness (QED) is 0.134. The highest BCUT2D eigenvalue weighted by atomic mass is 32.2. The summed E-state index contributed by atoms with van der Waals surface area (Å²) in [4.78, 5) is 29.6. The fourth-order valence-electron chi connectivity index (χ4n) is 4.55. The molecule has 5 rings (SSSR count). The molecule has 46 heavy (non-hydrogen) atoms. The predicted octanol–water partition coefficient (Wildman–Crippen LogP) is 4.39. The molecule has 0 aliphatic heterocycles. The van der Waals surface area contributed by atoms with Gasteiger partial charge in [-0.15, -0.1) is 11.3 Å². The van der Waals surface area contributed by atoms with Gasteiger partial charge in [-0.25, -0.2) is 36.9 Å². The molecular formula is C31H32F2N8O3S2. The molecule has 0 bridgehead atoms. The Morgan fingerprint density at radius 2 is 1.80 bits per heavy atom. The molecule has 5 aromatic rings. The van der Waals surface area contributed by atoms with Crippen molar-refractivity contribution >= 4 is 49.8 Å². The molecule has 0 atom stereocenters. The highest BCUT2D eigenvalue weighted by Crippen LogP contribution is 2.32. The molecular weight excluding hydrogens is 635 g/mol. The first kappa shape index (κ1) is 32.8. The van der Waals surface area contributed by atoms with E-state index in [1.165, 1.54) is 36.0 Å². The Hall–Kier alpha value is -4.57. The standard InChI is InChI=1S/C31H32F2N8O3S2/c1-41(2)11-3-10-40-46(43,44)22-14-24(31(42)37-15-19-4-7-25(32)26(33)12-19)30(36-17-22)35-16-21-6-9-28(45-21)20-5-8-27-23(13-20)29(34)39-18-38-27/h4-9,12-14,17-18,40H,3,10-11,15-16H2,1-2H3,(H,35,36)(H,37,42)(H2,34,38,39). The number of fused-ring (bicyclic) bond motifs is 1. The zero-order valence-corrected chi connectivity index (χ0v) is 26.7. The number of thiophene rings is 1. The van der Waals surface area contributed by atoms with Crippen molar-refractivity contribution in [3.63, 3.8) is 0 Å². The SMILES string of the molecule is CN(C)CCCNS(=O)(=O)c1cnc(NCc2ccc(-c3ccc4ncnc(N)c4c3)s2)c(C(=O)NCc2ccc(F)c(F)c2)c1. The maximum Gasteiger partial charge on any atom is 0.255 e. The van der Waals surface area contributed by atoms with E-state index in [1.807, 2.05) is 49.3 Å². The number of aromatic nitrogens is 3. The Kier molecular flexibility index (Phi) is 10.2. The van der Waals surface area contributed by atoms with E-state index in [-0.39, 0.29) is 35.9 Å². The number of benzene rings is 2. The molecule has 11 nitrogen and oxygen atoms in total. The van der Waals surface area contributed by atoms with Gasteiger partial charge in [0.05, 0.1) is 17.6 Å². The molecule has 1 amide bonds. The first-order valence-electron chi connectivity index (χ1n) is 14.2. The lowest BCUT2D eigenvalue weighted by Crippen LogP contribution is -2.29. The molecule has 0 aliphatic carbocycles. The number of nitrogen functional groups attached to an aromatic ring is 1. The Morgan fingerprint density at radius 3 is 2.59 bits per heavy atom. The maximum absolute atomic E-state index is 13.7. The van der Waals surface area contributed by atoms with Crippen molar-refractivity contribution in [2.75, 3.05) is 38.2 Å². The number of hydrogen-bond acceptors (Lipinski definition) is 10. The van der Waals surface area contributed by atoms with Crippen LogP contribution in [0.1, 0.15) is 27.2 Å². The summed E-state index contributed by atoms with van der Waals surface area (Å²) in [7, 11) is -0.187. The summed E-state index contributed by atoms with van der Waals surface area (Å²) in [5.41, 5.74) is 8.01. The number of hydrogen-bond donors (Lipinski definition) is 4. The van der Waals surface area contributed by atoms with Crippen LogP contribution >= 0.6 is 11.3 Å². The fourth-order valence-corrected chi connectivity index (χ4v) is 6.54. The van der Waals surface area contributed by atoms with Gasteiger partial charge in [-0.1, -0.05) is 12.1 Å². The minimum atomic E-state index is -3.97. The van der Waals surface area contributed by atoms with Crippen LogP contribution < -0.4 is 21.1 Å². The van der Waals surface area contributed by atoms with Crippen LogP contribution in [0.15, 0.2) is 72.0 Å². The van der Waals surface area contributed by atoms with E-state index in [1.54, 1.807) is 0 Å². The van der Waals surface area contributed by atoms with Crippen LogP contribution in [-0.4, -0.2) is 61.4 Å². The summed E-state index contributed by atoms with van der Waals surface area (Å²) in [6.45, 7) is 1.06. The minimum Gasteiger partial charge on any atom is -0.383 e. The summed E-state index contributed by atoms with van der Waals surface area (Å²) in [6, 6.07) is 14.2. The van der Waals surface area contributed by atoms with E-state index in [2.05, 4.69) is 30.3 Å². The van der Waals surface area contributed by atoms with Gasteiger partial charge in [-0.2, -0.15) is 0 Å². The average Bonchev–Trinajstić information content (AvgIpc) is 3.51. The van der Waals surface area contributed by atoms with Crippen molar-refractivity contribution < 1.29 is 22.0 Å². The van der Waals surface area contributed by atoms with E-state index < -0.39 is 27.6 Å². The number of pyridine rings is 1. The van der Waals surface area contributed by atoms with Crippen LogP contribution in [-0.2, 0) is 23.1 Å². The summed E-state index contributed by atoms with van der Waals surface area (Å²) in [5, 5.41) is 6.53. The summed E-state index contributed by atoms with van der Waals surface area (Å²) < 4.78 is 55.7. The lowest BCUT2D eigenvalue weighted by atomic mass is 10.1. The van der Waals surface area contributed by atoms with Crippen molar-refractivity contribution in [1.82, 2.24) is 29.9 Å². The first-order valence-corrected chi connectivity index (χ1v) is 16.5. The Bertz CT molecular complexity index is 1990. The maximum atomic E-state index is 13.7. The fraction of sp³-hybridized carbons (Fsp3) is 0.226. The molecule has 5 N–H and O–H groups in total. The third-order valence-corrected chi connectivity index (χ3v) is 9.53. The number of nitrogens with zero attached hydrogens (tertiary/aromatic N) is 4. The highest BCUT2D eigenvalue weighted by molar-refractivity contribution is 7.89. The molecule has 2 aromatic carbocycles. The van der Waals surface area contributed by atoms with Crippen molar-refractivity contribution in [1.29, 1.82) is 0 Å². The molecule has 15 heteroatoms. The molecule has 0 radical (unpaired) electrons. The van der Waals surface area contributed by atoms with Gasteiger partial charge in [0.1, 0.15) is 22.9 Å². The number of sulfonamides is 1.